The van der Waals surface area contributed by atoms with Crippen LogP contribution >= 0.6 is 0 Å². The zero-order valence-electron chi connectivity index (χ0n) is 14.6. The Kier molecular flexibility index (Phi) is 5.01. The van der Waals surface area contributed by atoms with Crippen molar-refractivity contribution in [2.24, 2.45) is 0 Å². The predicted octanol–water partition coefficient (Wildman–Crippen LogP) is 1.31. The van der Waals surface area contributed by atoms with E-state index in [1.165, 1.54) is 0 Å². The van der Waals surface area contributed by atoms with Gasteiger partial charge >= 0.3 is 5.63 Å². The Hall–Kier alpha value is -2.22. The number of hydrogen-bond acceptors (Lipinski definition) is 6. The topological polar surface area (TPSA) is 72.2 Å². The van der Waals surface area contributed by atoms with Gasteiger partial charge in [0.25, 0.3) is 5.91 Å². The van der Waals surface area contributed by atoms with Gasteiger partial charge in [-0.3, -0.25) is 9.69 Å². The predicted molar refractivity (Wildman–Crippen MR) is 95.1 cm³/mol. The lowest BCUT2D eigenvalue weighted by atomic mass is 10.1. The average Bonchev–Trinajstić information content (AvgIpc) is 3.19. The number of para-hydroxylation sites is 1. The summed E-state index contributed by atoms with van der Waals surface area (Å²) < 4.78 is 16.2. The normalized spacial score (nSPS) is 19.3. The van der Waals surface area contributed by atoms with Gasteiger partial charge in [0.2, 0.25) is 0 Å². The molecule has 3 heterocycles. The number of carbonyl (C=O) groups is 1. The summed E-state index contributed by atoms with van der Waals surface area (Å²) in [6.45, 7) is 4.96. The third kappa shape index (κ3) is 3.65. The third-order valence-electron chi connectivity index (χ3n) is 4.90. The maximum absolute atomic E-state index is 12.7. The number of carbonyl (C=O) groups excluding carboxylic acids is 1. The van der Waals surface area contributed by atoms with Gasteiger partial charge in [0, 0.05) is 44.5 Å². The summed E-state index contributed by atoms with van der Waals surface area (Å²) in [4.78, 5) is 28.9. The number of fused-ring (bicyclic) bond motifs is 1. The molecule has 2 aliphatic rings. The SMILES string of the molecule is O=C(c1cc2ccccc2oc1=O)N1CCN(CCC2OCCO2)CC1. The van der Waals surface area contributed by atoms with Crippen LogP contribution in [0.2, 0.25) is 0 Å². The van der Waals surface area contributed by atoms with Gasteiger partial charge in [0.1, 0.15) is 11.1 Å². The van der Waals surface area contributed by atoms with Crippen molar-refractivity contribution in [3.8, 4) is 0 Å². The Morgan fingerprint density at radius 1 is 1.08 bits per heavy atom. The minimum Gasteiger partial charge on any atom is -0.422 e. The van der Waals surface area contributed by atoms with Gasteiger partial charge in [-0.1, -0.05) is 18.2 Å². The first-order chi connectivity index (χ1) is 12.7. The Bertz CT molecular complexity index is 835. The molecule has 1 amide bonds. The molecule has 7 nitrogen and oxygen atoms in total. The molecule has 1 aromatic heterocycles. The highest BCUT2D eigenvalue weighted by molar-refractivity contribution is 5.96. The molecule has 1 aromatic carbocycles. The summed E-state index contributed by atoms with van der Waals surface area (Å²) in [6.07, 6.45) is 0.735. The van der Waals surface area contributed by atoms with Crippen molar-refractivity contribution in [3.63, 3.8) is 0 Å². The van der Waals surface area contributed by atoms with Crippen molar-refractivity contribution in [3.05, 3.63) is 46.3 Å². The van der Waals surface area contributed by atoms with Crippen molar-refractivity contribution in [1.82, 2.24) is 9.80 Å². The van der Waals surface area contributed by atoms with E-state index in [4.69, 9.17) is 13.9 Å². The van der Waals surface area contributed by atoms with Gasteiger partial charge in [0.15, 0.2) is 6.29 Å². The Morgan fingerprint density at radius 2 is 1.81 bits per heavy atom. The molecule has 2 saturated heterocycles. The molecule has 0 N–H and O–H groups in total. The number of ether oxygens (including phenoxy) is 2. The number of hydrogen-bond donors (Lipinski definition) is 0. The number of amides is 1. The summed E-state index contributed by atoms with van der Waals surface area (Å²) in [7, 11) is 0. The van der Waals surface area contributed by atoms with E-state index < -0.39 is 5.63 Å². The lowest BCUT2D eigenvalue weighted by Crippen LogP contribution is -2.49. The van der Waals surface area contributed by atoms with Crippen LogP contribution in [0.5, 0.6) is 0 Å². The monoisotopic (exact) mass is 358 g/mol. The number of nitrogens with zero attached hydrogens (tertiary/aromatic N) is 2. The fourth-order valence-electron chi connectivity index (χ4n) is 3.42. The summed E-state index contributed by atoms with van der Waals surface area (Å²) in [5.41, 5.74) is 0.0202. The summed E-state index contributed by atoms with van der Waals surface area (Å²) in [6, 6.07) is 8.84. The molecule has 7 heteroatoms. The number of piperazine rings is 1. The minimum atomic E-state index is -0.577. The van der Waals surface area contributed by atoms with Crippen LogP contribution in [0.3, 0.4) is 0 Å². The van der Waals surface area contributed by atoms with Crippen molar-refractivity contribution < 1.29 is 18.7 Å². The molecule has 0 radical (unpaired) electrons. The van der Waals surface area contributed by atoms with Gasteiger partial charge in [-0.15, -0.1) is 0 Å². The van der Waals surface area contributed by atoms with Crippen LogP contribution < -0.4 is 5.63 Å². The Morgan fingerprint density at radius 3 is 2.58 bits per heavy atom. The molecule has 0 unspecified atom stereocenters. The second-order valence-corrected chi connectivity index (χ2v) is 6.58. The largest absolute Gasteiger partial charge is 0.422 e. The lowest BCUT2D eigenvalue weighted by Gasteiger charge is -2.34. The molecule has 0 bridgehead atoms. The first kappa shape index (κ1) is 17.2. The minimum absolute atomic E-state index is 0.100. The molecule has 0 spiro atoms. The van der Waals surface area contributed by atoms with E-state index in [0.717, 1.165) is 31.4 Å². The van der Waals surface area contributed by atoms with Crippen molar-refractivity contribution in [1.29, 1.82) is 0 Å². The molecule has 2 aromatic rings. The van der Waals surface area contributed by atoms with Gasteiger partial charge in [-0.2, -0.15) is 0 Å². The van der Waals surface area contributed by atoms with Crippen LogP contribution in [0.4, 0.5) is 0 Å². The van der Waals surface area contributed by atoms with Gasteiger partial charge in [-0.05, 0) is 12.1 Å². The van der Waals surface area contributed by atoms with Crippen molar-refractivity contribution >= 4 is 16.9 Å². The molecule has 26 heavy (non-hydrogen) atoms. The zero-order valence-corrected chi connectivity index (χ0v) is 14.6. The van der Waals surface area contributed by atoms with Crippen LogP contribution in [-0.4, -0.2) is 67.9 Å². The smallest absolute Gasteiger partial charge is 0.349 e. The van der Waals surface area contributed by atoms with Crippen molar-refractivity contribution in [2.45, 2.75) is 12.7 Å². The lowest BCUT2D eigenvalue weighted by molar-refractivity contribution is -0.0529. The number of rotatable bonds is 4. The van der Waals surface area contributed by atoms with E-state index in [0.29, 0.717) is 31.9 Å². The first-order valence-corrected chi connectivity index (χ1v) is 8.98. The summed E-state index contributed by atoms with van der Waals surface area (Å²) >= 11 is 0. The van der Waals surface area contributed by atoms with Crippen LogP contribution in [0.15, 0.2) is 39.5 Å². The molecule has 4 rings (SSSR count). The van der Waals surface area contributed by atoms with Gasteiger partial charge < -0.3 is 18.8 Å². The highest BCUT2D eigenvalue weighted by Gasteiger charge is 2.25. The molecule has 0 aliphatic carbocycles. The van der Waals surface area contributed by atoms with Crippen LogP contribution in [0.1, 0.15) is 16.8 Å². The van der Waals surface area contributed by atoms with E-state index in [-0.39, 0.29) is 17.8 Å². The molecular formula is C19H22N2O5. The van der Waals surface area contributed by atoms with Crippen LogP contribution in [0, 0.1) is 0 Å². The maximum Gasteiger partial charge on any atom is 0.349 e. The quantitative estimate of drug-likeness (QED) is 0.768. The second-order valence-electron chi connectivity index (χ2n) is 6.58. The Balaban J connectivity index is 1.37. The van der Waals surface area contributed by atoms with E-state index in [2.05, 4.69) is 4.90 Å². The molecule has 2 aliphatic heterocycles. The average molecular weight is 358 g/mol. The summed E-state index contributed by atoms with van der Waals surface area (Å²) in [5, 5.41) is 0.755. The molecule has 0 saturated carbocycles. The fourth-order valence-corrected chi connectivity index (χ4v) is 3.42. The highest BCUT2D eigenvalue weighted by Crippen LogP contribution is 2.15. The maximum atomic E-state index is 12.7. The van der Waals surface area contributed by atoms with Gasteiger partial charge in [0.05, 0.1) is 13.2 Å². The highest BCUT2D eigenvalue weighted by atomic mass is 16.7. The molecule has 138 valence electrons. The second kappa shape index (κ2) is 7.57. The van der Waals surface area contributed by atoms with E-state index in [1.54, 1.807) is 23.1 Å². The third-order valence-corrected chi connectivity index (χ3v) is 4.90. The summed E-state index contributed by atoms with van der Waals surface area (Å²) in [5.74, 6) is -0.258. The standard InChI is InChI=1S/C19H22N2O5/c22-18(15-13-14-3-1-2-4-16(14)26-19(15)23)21-9-7-20(8-10-21)6-5-17-24-11-12-25-17/h1-4,13,17H,5-12H2. The van der Waals surface area contributed by atoms with Gasteiger partial charge in [-0.25, -0.2) is 4.79 Å². The van der Waals surface area contributed by atoms with Crippen molar-refractivity contribution in [2.75, 3.05) is 45.9 Å². The van der Waals surface area contributed by atoms with E-state index in [1.807, 2.05) is 12.1 Å². The molecule has 2 fully saturated rings. The van der Waals surface area contributed by atoms with E-state index >= 15 is 0 Å². The van der Waals surface area contributed by atoms with E-state index in [9.17, 15) is 9.59 Å². The first-order valence-electron chi connectivity index (χ1n) is 8.98. The number of benzene rings is 1. The molecular weight excluding hydrogens is 336 g/mol. The van der Waals surface area contributed by atoms with Crippen LogP contribution in [-0.2, 0) is 9.47 Å². The van der Waals surface area contributed by atoms with Crippen LogP contribution in [0.25, 0.3) is 11.0 Å². The molecule has 0 atom stereocenters. The zero-order chi connectivity index (χ0) is 17.9. The Labute approximate surface area is 151 Å². The fraction of sp³-hybridized carbons (Fsp3) is 0.474.